The SMILES string of the molecule is C=CC(=C)N1CC(CCn2c(=O)ccc3cnc(Nc4ccc(CCCC)cn4)nc32)C1. The van der Waals surface area contributed by atoms with Crippen molar-refractivity contribution < 1.29 is 0 Å². The summed E-state index contributed by atoms with van der Waals surface area (Å²) in [4.78, 5) is 28.3. The van der Waals surface area contributed by atoms with Crippen LogP contribution in [0.3, 0.4) is 0 Å². The number of aromatic nitrogens is 4. The van der Waals surface area contributed by atoms with Crippen molar-refractivity contribution in [2.75, 3.05) is 18.4 Å². The zero-order chi connectivity index (χ0) is 22.5. The molecule has 0 amide bonds. The lowest BCUT2D eigenvalue weighted by molar-refractivity contribution is 0.136. The Morgan fingerprint density at radius 2 is 2.06 bits per heavy atom. The summed E-state index contributed by atoms with van der Waals surface area (Å²) in [5.74, 6) is 1.65. The van der Waals surface area contributed by atoms with Crippen LogP contribution in [0.25, 0.3) is 11.0 Å². The zero-order valence-electron chi connectivity index (χ0n) is 18.6. The molecule has 166 valence electrons. The van der Waals surface area contributed by atoms with Crippen molar-refractivity contribution in [3.05, 3.63) is 77.5 Å². The molecule has 1 saturated heterocycles. The number of pyridine rings is 2. The van der Waals surface area contributed by atoms with Crippen molar-refractivity contribution in [3.63, 3.8) is 0 Å². The molecular weight excluding hydrogens is 400 g/mol. The molecule has 0 aliphatic carbocycles. The van der Waals surface area contributed by atoms with Crippen molar-refractivity contribution in [1.82, 2.24) is 24.4 Å². The number of rotatable bonds is 10. The van der Waals surface area contributed by atoms with Gasteiger partial charge in [0, 0.05) is 49.2 Å². The topological polar surface area (TPSA) is 75.9 Å². The van der Waals surface area contributed by atoms with Crippen LogP contribution >= 0.6 is 0 Å². The first-order valence-electron chi connectivity index (χ1n) is 11.2. The smallest absolute Gasteiger partial charge is 0.252 e. The number of anilines is 2. The van der Waals surface area contributed by atoms with E-state index in [2.05, 4.69) is 51.3 Å². The Labute approximate surface area is 188 Å². The van der Waals surface area contributed by atoms with Gasteiger partial charge in [0.1, 0.15) is 11.5 Å². The molecule has 1 aliphatic heterocycles. The van der Waals surface area contributed by atoms with Crippen molar-refractivity contribution in [2.24, 2.45) is 5.92 Å². The van der Waals surface area contributed by atoms with Crippen LogP contribution in [0.1, 0.15) is 31.7 Å². The molecule has 1 N–H and O–H groups in total. The number of allylic oxidation sites excluding steroid dienone is 1. The normalized spacial score (nSPS) is 13.7. The molecule has 1 fully saturated rings. The summed E-state index contributed by atoms with van der Waals surface area (Å²) in [5, 5.41) is 4.00. The predicted molar refractivity (Wildman–Crippen MR) is 129 cm³/mol. The van der Waals surface area contributed by atoms with Crippen LogP contribution in [0.4, 0.5) is 11.8 Å². The Kier molecular flexibility index (Phi) is 6.63. The van der Waals surface area contributed by atoms with Gasteiger partial charge in [-0.2, -0.15) is 4.98 Å². The molecular formula is C25H30N6O. The second-order valence-electron chi connectivity index (χ2n) is 8.33. The van der Waals surface area contributed by atoms with E-state index in [4.69, 9.17) is 0 Å². The van der Waals surface area contributed by atoms with Crippen LogP contribution in [0.15, 0.2) is 66.4 Å². The number of unbranched alkanes of at least 4 members (excludes halogenated alkanes) is 1. The van der Waals surface area contributed by atoms with E-state index in [0.29, 0.717) is 29.9 Å². The first-order chi connectivity index (χ1) is 15.6. The minimum atomic E-state index is -0.0489. The molecule has 3 aromatic heterocycles. The number of hydrogen-bond acceptors (Lipinski definition) is 6. The van der Waals surface area contributed by atoms with Gasteiger partial charge in [-0.15, -0.1) is 0 Å². The highest BCUT2D eigenvalue weighted by Crippen LogP contribution is 2.24. The van der Waals surface area contributed by atoms with Gasteiger partial charge in [0.05, 0.1) is 0 Å². The maximum atomic E-state index is 12.6. The summed E-state index contributed by atoms with van der Waals surface area (Å²) in [6.45, 7) is 12.5. The van der Waals surface area contributed by atoms with E-state index >= 15 is 0 Å². The average molecular weight is 431 g/mol. The maximum Gasteiger partial charge on any atom is 0.252 e. The van der Waals surface area contributed by atoms with Crippen LogP contribution in [-0.4, -0.2) is 37.5 Å². The highest BCUT2D eigenvalue weighted by Gasteiger charge is 2.26. The molecule has 4 heterocycles. The second kappa shape index (κ2) is 9.77. The van der Waals surface area contributed by atoms with Crippen LogP contribution in [0, 0.1) is 5.92 Å². The van der Waals surface area contributed by atoms with Gasteiger partial charge in [-0.1, -0.05) is 32.6 Å². The van der Waals surface area contributed by atoms with Gasteiger partial charge in [-0.3, -0.25) is 9.36 Å². The molecule has 3 aromatic rings. The molecule has 0 bridgehead atoms. The quantitative estimate of drug-likeness (QED) is 0.484. The van der Waals surface area contributed by atoms with E-state index in [-0.39, 0.29) is 5.56 Å². The molecule has 0 aromatic carbocycles. The van der Waals surface area contributed by atoms with Crippen molar-refractivity contribution >= 4 is 22.8 Å². The summed E-state index contributed by atoms with van der Waals surface area (Å²) in [7, 11) is 0. The first-order valence-corrected chi connectivity index (χ1v) is 11.2. The Morgan fingerprint density at radius 1 is 1.22 bits per heavy atom. The van der Waals surface area contributed by atoms with E-state index < -0.39 is 0 Å². The molecule has 0 unspecified atom stereocenters. The molecule has 7 nitrogen and oxygen atoms in total. The van der Waals surface area contributed by atoms with Crippen molar-refractivity contribution in [1.29, 1.82) is 0 Å². The predicted octanol–water partition coefficient (Wildman–Crippen LogP) is 4.29. The van der Waals surface area contributed by atoms with Crippen molar-refractivity contribution in [2.45, 2.75) is 39.2 Å². The Hall–Kier alpha value is -3.48. The van der Waals surface area contributed by atoms with Gasteiger partial charge in [-0.25, -0.2) is 9.97 Å². The fraction of sp³-hybridized carbons (Fsp3) is 0.360. The summed E-state index contributed by atoms with van der Waals surface area (Å²) < 4.78 is 1.74. The molecule has 4 rings (SSSR count). The summed E-state index contributed by atoms with van der Waals surface area (Å²) in [6.07, 6.45) is 9.67. The Morgan fingerprint density at radius 3 is 2.78 bits per heavy atom. The van der Waals surface area contributed by atoms with Gasteiger partial charge in [-0.05, 0) is 49.0 Å². The lowest BCUT2D eigenvalue weighted by Gasteiger charge is -2.41. The fourth-order valence-corrected chi connectivity index (χ4v) is 3.92. The number of nitrogens with zero attached hydrogens (tertiary/aromatic N) is 5. The van der Waals surface area contributed by atoms with E-state index in [0.717, 1.165) is 49.9 Å². The van der Waals surface area contributed by atoms with E-state index in [1.165, 1.54) is 5.56 Å². The number of nitrogens with one attached hydrogen (secondary N) is 1. The number of likely N-dealkylation sites (tertiary alicyclic amines) is 1. The third kappa shape index (κ3) is 4.88. The van der Waals surface area contributed by atoms with Crippen LogP contribution < -0.4 is 10.9 Å². The van der Waals surface area contributed by atoms with E-state index in [1.54, 1.807) is 29.0 Å². The minimum absolute atomic E-state index is 0.0489. The standard InChI is InChI=1S/C25H30N6O/c1-4-6-7-19-8-10-22(26-14-19)28-25-27-15-21-9-11-23(32)31(24(21)29-25)13-12-20-16-30(17-20)18(3)5-2/h5,8-11,14-15,20H,2-4,6-7,12-13,16-17H2,1H3,(H,26,27,28,29). The van der Waals surface area contributed by atoms with Gasteiger partial charge < -0.3 is 10.2 Å². The number of aryl methyl sites for hydroxylation is 2. The molecule has 0 radical (unpaired) electrons. The second-order valence-corrected chi connectivity index (χ2v) is 8.33. The monoisotopic (exact) mass is 430 g/mol. The molecule has 7 heteroatoms. The van der Waals surface area contributed by atoms with Crippen LogP contribution in [-0.2, 0) is 13.0 Å². The zero-order valence-corrected chi connectivity index (χ0v) is 18.6. The van der Waals surface area contributed by atoms with E-state index in [1.807, 2.05) is 12.3 Å². The molecule has 0 spiro atoms. The Bertz CT molecular complexity index is 1160. The first kappa shape index (κ1) is 21.7. The average Bonchev–Trinajstić information content (AvgIpc) is 2.78. The van der Waals surface area contributed by atoms with Gasteiger partial charge in [0.25, 0.3) is 5.56 Å². The Balaban J connectivity index is 1.47. The minimum Gasteiger partial charge on any atom is -0.371 e. The molecule has 32 heavy (non-hydrogen) atoms. The largest absolute Gasteiger partial charge is 0.371 e. The lowest BCUT2D eigenvalue weighted by atomic mass is 9.95. The molecule has 0 atom stereocenters. The van der Waals surface area contributed by atoms with Gasteiger partial charge in [0.2, 0.25) is 5.95 Å². The number of fused-ring (bicyclic) bond motifs is 1. The van der Waals surface area contributed by atoms with Crippen molar-refractivity contribution in [3.8, 4) is 0 Å². The summed E-state index contributed by atoms with van der Waals surface area (Å²) in [5.41, 5.74) is 2.77. The van der Waals surface area contributed by atoms with Gasteiger partial charge in [0.15, 0.2) is 0 Å². The fourth-order valence-electron chi connectivity index (χ4n) is 3.92. The van der Waals surface area contributed by atoms with Crippen LogP contribution in [0.5, 0.6) is 0 Å². The number of hydrogen-bond donors (Lipinski definition) is 1. The highest BCUT2D eigenvalue weighted by atomic mass is 16.1. The highest BCUT2D eigenvalue weighted by molar-refractivity contribution is 5.75. The molecule has 0 saturated carbocycles. The van der Waals surface area contributed by atoms with E-state index in [9.17, 15) is 4.79 Å². The maximum absolute atomic E-state index is 12.6. The summed E-state index contributed by atoms with van der Waals surface area (Å²) in [6, 6.07) is 7.38. The third-order valence-corrected chi connectivity index (χ3v) is 5.97. The third-order valence-electron chi connectivity index (χ3n) is 5.97. The lowest BCUT2D eigenvalue weighted by Crippen LogP contribution is -2.45. The molecule has 1 aliphatic rings. The van der Waals surface area contributed by atoms with Crippen LogP contribution in [0.2, 0.25) is 0 Å². The summed E-state index contributed by atoms with van der Waals surface area (Å²) >= 11 is 0. The van der Waals surface area contributed by atoms with Gasteiger partial charge >= 0.3 is 0 Å².